The maximum absolute atomic E-state index is 11.3. The van der Waals surface area contributed by atoms with Gasteiger partial charge >= 0.3 is 6.03 Å². The van der Waals surface area contributed by atoms with E-state index in [0.29, 0.717) is 13.1 Å². The summed E-state index contributed by atoms with van der Waals surface area (Å²) in [6, 6.07) is 7.00. The highest BCUT2D eigenvalue weighted by Crippen LogP contribution is 2.06. The first kappa shape index (κ1) is 14.1. The van der Waals surface area contributed by atoms with E-state index in [4.69, 9.17) is 11.5 Å². The fourth-order valence-corrected chi connectivity index (χ4v) is 1.57. The summed E-state index contributed by atoms with van der Waals surface area (Å²) in [5.74, 6) is -0.413. The van der Waals surface area contributed by atoms with Crippen LogP contribution in [0.25, 0.3) is 0 Å². The van der Waals surface area contributed by atoms with Crippen molar-refractivity contribution >= 4 is 11.9 Å². The molecule has 0 aliphatic heterocycles. The summed E-state index contributed by atoms with van der Waals surface area (Å²) in [7, 11) is 1.79. The molecule has 5 N–H and O–H groups in total. The van der Waals surface area contributed by atoms with Gasteiger partial charge in [-0.3, -0.25) is 15.0 Å². The van der Waals surface area contributed by atoms with Crippen LogP contribution in [-0.2, 0) is 17.9 Å². The van der Waals surface area contributed by atoms with Crippen molar-refractivity contribution < 1.29 is 9.59 Å². The van der Waals surface area contributed by atoms with Gasteiger partial charge < -0.3 is 11.5 Å². The highest BCUT2D eigenvalue weighted by atomic mass is 16.2. The summed E-state index contributed by atoms with van der Waals surface area (Å²) in [6.45, 7) is 1.23. The first-order valence-electron chi connectivity index (χ1n) is 5.57. The lowest BCUT2D eigenvalue weighted by molar-refractivity contribution is -0.120. The summed E-state index contributed by atoms with van der Waals surface area (Å²) >= 11 is 0. The smallest absolute Gasteiger partial charge is 0.318 e. The zero-order valence-corrected chi connectivity index (χ0v) is 10.3. The third-order valence-corrected chi connectivity index (χ3v) is 2.39. The molecule has 0 saturated carbocycles. The number of carbonyl (C=O) groups excluding carboxylic acids is 2. The Morgan fingerprint density at radius 1 is 1.22 bits per heavy atom. The van der Waals surface area contributed by atoms with Crippen LogP contribution in [0.4, 0.5) is 4.79 Å². The number of nitrogens with zero attached hydrogens (tertiary/aromatic N) is 1. The van der Waals surface area contributed by atoms with Gasteiger partial charge in [0.2, 0.25) is 5.91 Å². The second kappa shape index (κ2) is 6.73. The van der Waals surface area contributed by atoms with Crippen LogP contribution in [0.1, 0.15) is 11.1 Å². The Morgan fingerprint density at radius 3 is 2.28 bits per heavy atom. The summed E-state index contributed by atoms with van der Waals surface area (Å²) in [4.78, 5) is 23.6. The van der Waals surface area contributed by atoms with Gasteiger partial charge in [0.05, 0.1) is 6.54 Å². The lowest BCUT2D eigenvalue weighted by Gasteiger charge is -2.15. The van der Waals surface area contributed by atoms with Gasteiger partial charge in [-0.05, 0) is 18.2 Å². The van der Waals surface area contributed by atoms with E-state index < -0.39 is 11.9 Å². The summed E-state index contributed by atoms with van der Waals surface area (Å²) in [5.41, 5.74) is 12.5. The molecule has 0 aromatic heterocycles. The van der Waals surface area contributed by atoms with Gasteiger partial charge in [-0.2, -0.15) is 0 Å². The predicted octanol–water partition coefficient (Wildman–Crippen LogP) is -0.228. The van der Waals surface area contributed by atoms with Crippen molar-refractivity contribution in [1.82, 2.24) is 10.2 Å². The molecule has 6 nitrogen and oxygen atoms in total. The second-order valence-electron chi connectivity index (χ2n) is 4.11. The number of benzene rings is 1. The molecule has 0 aliphatic rings. The fourth-order valence-electron chi connectivity index (χ4n) is 1.57. The predicted molar refractivity (Wildman–Crippen MR) is 68.4 cm³/mol. The topological polar surface area (TPSA) is 101 Å². The molecule has 1 aromatic carbocycles. The molecule has 0 unspecified atom stereocenters. The second-order valence-corrected chi connectivity index (χ2v) is 4.11. The number of amides is 3. The van der Waals surface area contributed by atoms with Crippen molar-refractivity contribution in [2.45, 2.75) is 13.1 Å². The van der Waals surface area contributed by atoms with Crippen LogP contribution in [-0.4, -0.2) is 30.4 Å². The van der Waals surface area contributed by atoms with Gasteiger partial charge in [-0.15, -0.1) is 0 Å². The highest BCUT2D eigenvalue weighted by molar-refractivity contribution is 5.94. The van der Waals surface area contributed by atoms with E-state index in [-0.39, 0.29) is 6.54 Å². The van der Waals surface area contributed by atoms with E-state index in [0.717, 1.165) is 11.1 Å². The van der Waals surface area contributed by atoms with E-state index in [9.17, 15) is 9.59 Å². The summed E-state index contributed by atoms with van der Waals surface area (Å²) in [5, 5.41) is 2.02. The van der Waals surface area contributed by atoms with Gasteiger partial charge in [0, 0.05) is 13.1 Å². The Morgan fingerprint density at radius 2 is 1.78 bits per heavy atom. The van der Waals surface area contributed by atoms with Crippen molar-refractivity contribution in [2.24, 2.45) is 11.5 Å². The van der Waals surface area contributed by atoms with Crippen LogP contribution in [0, 0.1) is 0 Å². The van der Waals surface area contributed by atoms with E-state index in [1.165, 1.54) is 0 Å². The molecule has 1 rings (SSSR count). The summed E-state index contributed by atoms with van der Waals surface area (Å²) in [6.07, 6.45) is 0. The average molecular weight is 250 g/mol. The van der Waals surface area contributed by atoms with E-state index in [1.807, 2.05) is 29.6 Å². The van der Waals surface area contributed by atoms with Crippen LogP contribution in [0.15, 0.2) is 24.3 Å². The van der Waals surface area contributed by atoms with Crippen LogP contribution in [0.2, 0.25) is 0 Å². The average Bonchev–Trinajstić information content (AvgIpc) is 2.28. The van der Waals surface area contributed by atoms with Crippen molar-refractivity contribution in [3.8, 4) is 0 Å². The molecule has 0 fully saturated rings. The maximum atomic E-state index is 11.3. The molecular weight excluding hydrogens is 232 g/mol. The normalized spacial score (nSPS) is 10.4. The molecule has 0 atom stereocenters. The van der Waals surface area contributed by atoms with Crippen LogP contribution >= 0.6 is 0 Å². The number of hydrogen-bond acceptors (Lipinski definition) is 4. The van der Waals surface area contributed by atoms with Crippen molar-refractivity contribution in [2.75, 3.05) is 13.6 Å². The fraction of sp³-hybridized carbons (Fsp3) is 0.333. The van der Waals surface area contributed by atoms with Gasteiger partial charge in [0.25, 0.3) is 0 Å². The Hall–Kier alpha value is -1.92. The first-order valence-corrected chi connectivity index (χ1v) is 5.57. The van der Waals surface area contributed by atoms with Crippen LogP contribution in [0.5, 0.6) is 0 Å². The van der Waals surface area contributed by atoms with Crippen molar-refractivity contribution in [3.05, 3.63) is 35.4 Å². The van der Waals surface area contributed by atoms with E-state index in [1.54, 1.807) is 11.9 Å². The molecular formula is C12H18N4O2. The standard InChI is InChI=1S/C12H18N4O2/c1-16(8-11(17)15-12(14)18)7-10-4-2-9(6-13)3-5-10/h2-5H,6-8,13H2,1H3,(H3,14,15,17,18). The minimum atomic E-state index is -0.833. The molecule has 0 saturated heterocycles. The molecule has 98 valence electrons. The van der Waals surface area contributed by atoms with Crippen LogP contribution < -0.4 is 16.8 Å². The van der Waals surface area contributed by atoms with Gasteiger partial charge in [-0.25, -0.2) is 4.79 Å². The number of carbonyl (C=O) groups is 2. The number of urea groups is 1. The molecule has 1 aromatic rings. The molecule has 0 spiro atoms. The third-order valence-electron chi connectivity index (χ3n) is 2.39. The van der Waals surface area contributed by atoms with Gasteiger partial charge in [0.1, 0.15) is 0 Å². The molecule has 3 amide bonds. The number of nitrogens with one attached hydrogen (secondary N) is 1. The lowest BCUT2D eigenvalue weighted by atomic mass is 10.1. The number of likely N-dealkylation sites (N-methyl/N-ethyl adjacent to an activating group) is 1. The lowest BCUT2D eigenvalue weighted by Crippen LogP contribution is -2.41. The zero-order valence-electron chi connectivity index (χ0n) is 10.3. The van der Waals surface area contributed by atoms with Crippen molar-refractivity contribution in [3.63, 3.8) is 0 Å². The Balaban J connectivity index is 2.45. The monoisotopic (exact) mass is 250 g/mol. The molecule has 0 bridgehead atoms. The van der Waals surface area contributed by atoms with Crippen LogP contribution in [0.3, 0.4) is 0 Å². The summed E-state index contributed by atoms with van der Waals surface area (Å²) < 4.78 is 0. The van der Waals surface area contributed by atoms with E-state index in [2.05, 4.69) is 0 Å². The molecule has 0 radical (unpaired) electrons. The minimum Gasteiger partial charge on any atom is -0.351 e. The molecule has 18 heavy (non-hydrogen) atoms. The minimum absolute atomic E-state index is 0.113. The zero-order chi connectivity index (χ0) is 13.5. The molecule has 0 aliphatic carbocycles. The number of hydrogen-bond donors (Lipinski definition) is 3. The number of imide groups is 1. The highest BCUT2D eigenvalue weighted by Gasteiger charge is 2.08. The molecule has 0 heterocycles. The third kappa shape index (κ3) is 4.94. The Bertz CT molecular complexity index is 417. The first-order chi connectivity index (χ1) is 8.51. The quantitative estimate of drug-likeness (QED) is 0.672. The van der Waals surface area contributed by atoms with E-state index >= 15 is 0 Å². The molecule has 6 heteroatoms. The van der Waals surface area contributed by atoms with Gasteiger partial charge in [-0.1, -0.05) is 24.3 Å². The number of primary amides is 1. The maximum Gasteiger partial charge on any atom is 0.318 e. The van der Waals surface area contributed by atoms with Crippen molar-refractivity contribution in [1.29, 1.82) is 0 Å². The van der Waals surface area contributed by atoms with Gasteiger partial charge in [0.15, 0.2) is 0 Å². The largest absolute Gasteiger partial charge is 0.351 e. The number of rotatable bonds is 5. The Labute approximate surface area is 106 Å². The number of nitrogens with two attached hydrogens (primary N) is 2. The SMILES string of the molecule is CN(CC(=O)NC(N)=O)Cc1ccc(CN)cc1. The Kier molecular flexibility index (Phi) is 5.29.